The Balaban J connectivity index is 0.000000116. The number of H-pyrrole nitrogens is 3. The molecule has 0 amide bonds. The van der Waals surface area contributed by atoms with Gasteiger partial charge in [-0.05, 0) is 128 Å². The number of fused-ring (bicyclic) bond motifs is 3. The van der Waals surface area contributed by atoms with E-state index in [-0.39, 0.29) is 23.3 Å². The third kappa shape index (κ3) is 11.6. The lowest BCUT2D eigenvalue weighted by molar-refractivity contribution is 0.0374. The van der Waals surface area contributed by atoms with Gasteiger partial charge in [-0.25, -0.2) is 4.39 Å². The van der Waals surface area contributed by atoms with Crippen LogP contribution in [0.15, 0.2) is 110 Å². The van der Waals surface area contributed by atoms with Crippen molar-refractivity contribution in [2.75, 3.05) is 68.5 Å². The molecule has 1 spiro atoms. The van der Waals surface area contributed by atoms with Crippen LogP contribution in [0, 0.1) is 5.41 Å². The largest absolute Gasteiger partial charge is 0.507 e. The number of rotatable bonds is 12. The number of aromatic amines is 3. The van der Waals surface area contributed by atoms with E-state index < -0.39 is 6.17 Å². The normalized spacial score (nSPS) is 17.4. The first-order valence-electron chi connectivity index (χ1n) is 28.9. The Hall–Kier alpha value is -9.19. The van der Waals surface area contributed by atoms with Gasteiger partial charge in [-0.15, -0.1) is 30.6 Å². The Morgan fingerprint density at radius 1 is 0.523 bits per heavy atom. The second-order valence-electron chi connectivity index (χ2n) is 22.6. The number of benzene rings is 3. The minimum atomic E-state index is -0.942. The number of halogens is 1. The summed E-state index contributed by atoms with van der Waals surface area (Å²) in [5, 5.41) is 93.3. The number of aromatic nitrogens is 15. The van der Waals surface area contributed by atoms with E-state index in [0.29, 0.717) is 79.9 Å². The highest BCUT2D eigenvalue weighted by Gasteiger charge is 2.50. The fraction of sp³-hybridized carbons (Fsp3) is 0.300. The monoisotopic (exact) mass is 1240 g/mol. The highest BCUT2D eigenvalue weighted by Crippen LogP contribution is 2.48. The summed E-state index contributed by atoms with van der Waals surface area (Å²) >= 11 is 4.64. The summed E-state index contributed by atoms with van der Waals surface area (Å²) < 4.78 is 17.1. The zero-order valence-corrected chi connectivity index (χ0v) is 50.1. The van der Waals surface area contributed by atoms with Gasteiger partial charge in [0.05, 0.1) is 55.8 Å². The minimum Gasteiger partial charge on any atom is -0.507 e. The van der Waals surface area contributed by atoms with Gasteiger partial charge in [0.1, 0.15) is 23.4 Å². The molecule has 10 N–H and O–H groups in total. The number of phenols is 3. The average Bonchev–Trinajstić information content (AvgIpc) is 1.93. The van der Waals surface area contributed by atoms with Gasteiger partial charge >= 0.3 is 0 Å². The zero-order chi connectivity index (χ0) is 59.9. The second-order valence-corrected chi connectivity index (χ2v) is 25.6. The van der Waals surface area contributed by atoms with Gasteiger partial charge in [-0.1, -0.05) is 52.2 Å². The van der Waals surface area contributed by atoms with Crippen LogP contribution >= 0.6 is 34.0 Å². The van der Waals surface area contributed by atoms with Crippen molar-refractivity contribution >= 4 is 80.4 Å². The topological polar surface area (TPSA) is 317 Å². The molecule has 3 saturated heterocycles. The predicted octanol–water partition coefficient (Wildman–Crippen LogP) is 9.04. The molecule has 0 bridgehead atoms. The predicted molar refractivity (Wildman–Crippen MR) is 340 cm³/mol. The molecule has 3 aliphatic heterocycles. The Labute approximate surface area is 514 Å². The average molecular weight is 1240 g/mol. The lowest BCUT2D eigenvalue weighted by Gasteiger charge is -2.56. The Bertz CT molecular complexity index is 4390. The summed E-state index contributed by atoms with van der Waals surface area (Å²) in [7, 11) is 3.99. The van der Waals surface area contributed by atoms with Crippen LogP contribution in [-0.2, 0) is 0 Å². The highest BCUT2D eigenvalue weighted by atomic mass is 32.1. The molecular weight excluding hydrogens is 1180 g/mol. The lowest BCUT2D eigenvalue weighted by atomic mass is 9.61. The molecule has 12 heterocycles. The number of hydrogen-bond acceptors (Lipinski definition) is 24. The molecule has 9 aromatic heterocycles. The van der Waals surface area contributed by atoms with Crippen LogP contribution < -0.4 is 31.1 Å². The molecule has 1 aliphatic carbocycles. The van der Waals surface area contributed by atoms with Gasteiger partial charge in [-0.2, -0.15) is 30.2 Å². The molecule has 3 aromatic carbocycles. The zero-order valence-electron chi connectivity index (χ0n) is 47.7. The first-order chi connectivity index (χ1) is 43.0. The van der Waals surface area contributed by atoms with Crippen LogP contribution in [0.2, 0.25) is 0 Å². The molecule has 2 atom stereocenters. The van der Waals surface area contributed by atoms with Gasteiger partial charge < -0.3 is 46.4 Å². The first-order valence-corrected chi connectivity index (χ1v) is 31.3. The number of thiazole rings is 3. The third-order valence-electron chi connectivity index (χ3n) is 16.8. The van der Waals surface area contributed by atoms with Gasteiger partial charge in [0.2, 0.25) is 0 Å². The molecule has 4 fully saturated rings. The molecule has 88 heavy (non-hydrogen) atoms. The lowest BCUT2D eigenvalue weighted by Crippen LogP contribution is -2.64. The maximum atomic E-state index is 14.3. The fourth-order valence-electron chi connectivity index (χ4n) is 11.6. The SMILES string of the molecule is CN(c1nc2nnc(-c3ccc(-c4cn[nH]c4)cc3O)cc2s1)C1CC2(CNC2)C1.CN(c1nc2nnc(-c3ccc(-c4cn[nH]c4)cc3O)cc2s1)[C@H]1CCNC[C@H]1F.Oc1cc(-c2cn[nH]c2)ccc1-c1cc2sc(NC3CCNCC3)nc2nn1. The van der Waals surface area contributed by atoms with Crippen molar-refractivity contribution in [3.63, 3.8) is 0 Å². The number of phenolic OH excluding ortho intramolecular Hbond substituents is 3. The van der Waals surface area contributed by atoms with Crippen LogP contribution in [-0.4, -0.2) is 169 Å². The molecule has 12 aromatic rings. The van der Waals surface area contributed by atoms with E-state index in [9.17, 15) is 19.7 Å². The van der Waals surface area contributed by atoms with E-state index in [4.69, 9.17) is 4.98 Å². The summed E-state index contributed by atoms with van der Waals surface area (Å²) in [5.74, 6) is 0.433. The van der Waals surface area contributed by atoms with Crippen molar-refractivity contribution < 1.29 is 19.7 Å². The van der Waals surface area contributed by atoms with Crippen LogP contribution in [0.3, 0.4) is 0 Å². The molecule has 0 radical (unpaired) electrons. The van der Waals surface area contributed by atoms with Crippen LogP contribution in [0.4, 0.5) is 19.8 Å². The summed E-state index contributed by atoms with van der Waals surface area (Å²) in [6.45, 7) is 5.50. The Kier molecular flexibility index (Phi) is 15.5. The molecule has 28 heteroatoms. The van der Waals surface area contributed by atoms with Gasteiger partial charge in [-0.3, -0.25) is 15.3 Å². The Morgan fingerprint density at radius 3 is 1.41 bits per heavy atom. The van der Waals surface area contributed by atoms with Crippen molar-refractivity contribution in [1.29, 1.82) is 0 Å². The van der Waals surface area contributed by atoms with Crippen LogP contribution in [0.1, 0.15) is 32.1 Å². The maximum Gasteiger partial charge on any atom is 0.194 e. The molecule has 0 unspecified atom stereocenters. The third-order valence-corrected chi connectivity index (χ3v) is 19.9. The van der Waals surface area contributed by atoms with E-state index in [1.807, 2.05) is 66.5 Å². The second kappa shape index (κ2) is 24.2. The molecule has 4 aliphatic rings. The number of hydrogen-bond donors (Lipinski definition) is 10. The summed E-state index contributed by atoms with van der Waals surface area (Å²) in [5.41, 5.74) is 11.4. The van der Waals surface area contributed by atoms with Crippen molar-refractivity contribution in [3.05, 3.63) is 110 Å². The van der Waals surface area contributed by atoms with Gasteiger partial charge in [0.15, 0.2) is 32.3 Å². The fourth-order valence-corrected chi connectivity index (χ4v) is 14.5. The summed E-state index contributed by atoms with van der Waals surface area (Å²) in [6, 6.07) is 22.9. The first kappa shape index (κ1) is 56.6. The maximum absolute atomic E-state index is 14.3. The van der Waals surface area contributed by atoms with Crippen molar-refractivity contribution in [2.24, 2.45) is 5.41 Å². The van der Waals surface area contributed by atoms with Crippen LogP contribution in [0.25, 0.3) is 98.2 Å². The van der Waals surface area contributed by atoms with Gasteiger partial charge in [0, 0.05) is 97.8 Å². The van der Waals surface area contributed by atoms with Crippen molar-refractivity contribution in [3.8, 4) is 84.4 Å². The summed E-state index contributed by atoms with van der Waals surface area (Å²) in [4.78, 5) is 18.0. The molecule has 24 nitrogen and oxygen atoms in total. The van der Waals surface area contributed by atoms with E-state index in [1.54, 1.807) is 78.1 Å². The van der Waals surface area contributed by atoms with Gasteiger partial charge in [0.25, 0.3) is 0 Å². The highest BCUT2D eigenvalue weighted by molar-refractivity contribution is 7.22. The van der Waals surface area contributed by atoms with Crippen molar-refractivity contribution in [1.82, 2.24) is 92.1 Å². The molecule has 16 rings (SSSR count). The number of nitrogens with one attached hydrogen (secondary N) is 7. The van der Waals surface area contributed by atoms with E-state index >= 15 is 0 Å². The molecule has 448 valence electrons. The number of anilines is 3. The molecular formula is C60H60FN21O3S3. The number of piperidine rings is 2. The quantitative estimate of drug-likeness (QED) is 0.0545. The van der Waals surface area contributed by atoms with E-state index in [1.165, 1.54) is 24.2 Å². The summed E-state index contributed by atoms with van der Waals surface area (Å²) in [6.07, 6.45) is 14.9. The smallest absolute Gasteiger partial charge is 0.194 e. The number of alkyl halides is 1. The Morgan fingerprint density at radius 2 is 0.977 bits per heavy atom. The standard InChI is InChI=1S/C21H21N7OS.C20H20FN7OS.C19H19N7OS/c1-28(14-6-21(7-14)10-22-11-21)20-25-19-18(30-20)5-16(26-27-19)15-3-2-12(4-17(15)29)13-8-23-24-9-13;1-28(16-4-5-22-10-14(16)21)20-25-19-18(30-20)7-15(26-27-19)13-3-2-11(6-17(13)29)12-8-23-24-9-12;27-16-7-11(12-9-21-22-10-12)1-2-14(16)15-8-17-18(26-25-15)24-19(28-17)23-13-3-5-20-6-4-13/h2-5,8-9,14,22,29H,6-7,10-11H2,1H3,(H,23,24);2-3,6-9,14,16,22,29H,4-5,10H2,1H3,(H,23,24);1-2,7-10,13,20,27H,3-6H2,(H,21,22)(H,23,24,26)/t;14-,16+;/m.1./s1. The van der Waals surface area contributed by atoms with E-state index in [2.05, 4.69) is 104 Å². The van der Waals surface area contributed by atoms with E-state index in [0.717, 1.165) is 110 Å². The number of nitrogens with zero attached hydrogens (tertiary/aromatic N) is 14. The van der Waals surface area contributed by atoms with Crippen LogP contribution in [0.5, 0.6) is 17.2 Å². The number of aromatic hydroxyl groups is 3. The van der Waals surface area contributed by atoms with Crippen molar-refractivity contribution in [2.45, 2.75) is 56.4 Å². The molecule has 1 saturated carbocycles. The minimum absolute atomic E-state index is 0.110.